The van der Waals surface area contributed by atoms with E-state index in [9.17, 15) is 32.4 Å². The average Bonchev–Trinajstić information content (AvgIpc) is 3.09. The van der Waals surface area contributed by atoms with Gasteiger partial charge in [0, 0.05) is 52.2 Å². The number of hydrogen-bond donors (Lipinski definition) is 0. The maximum atomic E-state index is 12.3. The first-order valence-corrected chi connectivity index (χ1v) is 37.1. The Balaban J connectivity index is 0. The van der Waals surface area contributed by atoms with Crippen molar-refractivity contribution in [3.8, 4) is 0 Å². The molecule has 18 heteroatoms. The first-order valence-electron chi connectivity index (χ1n) is 22.3. The summed E-state index contributed by atoms with van der Waals surface area (Å²) in [6, 6.07) is 3.05. The summed E-state index contributed by atoms with van der Waals surface area (Å²) in [7, 11) is -1.57. The number of halogens is 1. The van der Waals surface area contributed by atoms with Crippen LogP contribution < -0.4 is 51.4 Å². The zero-order valence-electron chi connectivity index (χ0n) is 41.6. The summed E-state index contributed by atoms with van der Waals surface area (Å²) in [5.41, 5.74) is -1.10. The maximum absolute atomic E-state index is 12.3. The first-order chi connectivity index (χ1) is 27.5. The van der Waals surface area contributed by atoms with Crippen LogP contribution in [0.4, 0.5) is 0 Å². The van der Waals surface area contributed by atoms with Crippen LogP contribution in [0.2, 0.25) is 77.1 Å². The second kappa shape index (κ2) is 29.0. The molecule has 3 aliphatic rings. The van der Waals surface area contributed by atoms with Gasteiger partial charge in [0.25, 0.3) is 0 Å². The molecular formula is C44H84ClKO10S3Si3. The van der Waals surface area contributed by atoms with E-state index in [2.05, 4.69) is 85.4 Å². The van der Waals surface area contributed by atoms with Gasteiger partial charge in [0.15, 0.2) is 5.12 Å². The molecule has 0 N–H and O–H groups in total. The summed E-state index contributed by atoms with van der Waals surface area (Å²) in [4.78, 5) is 56.9. The normalized spacial score (nSPS) is 26.5. The minimum atomic E-state index is -3.51. The van der Waals surface area contributed by atoms with E-state index in [-0.39, 0.29) is 90.4 Å². The Labute approximate surface area is 437 Å². The molecule has 0 spiro atoms. The Morgan fingerprint density at radius 2 is 0.855 bits per heavy atom. The molecule has 0 aromatic rings. The van der Waals surface area contributed by atoms with Crippen molar-refractivity contribution in [1.82, 2.24) is 0 Å². The minimum absolute atomic E-state index is 0. The largest absolute Gasteiger partial charge is 1.00 e. The molecule has 3 fully saturated rings. The van der Waals surface area contributed by atoms with Crippen molar-refractivity contribution in [3.63, 3.8) is 0 Å². The van der Waals surface area contributed by atoms with Crippen molar-refractivity contribution in [2.24, 2.45) is 22.2 Å². The van der Waals surface area contributed by atoms with E-state index in [0.29, 0.717) is 50.8 Å². The molecule has 0 aromatic heterocycles. The Hall–Kier alpha value is 0.847. The molecule has 0 bridgehead atoms. The van der Waals surface area contributed by atoms with Gasteiger partial charge in [0.05, 0.1) is 41.3 Å². The van der Waals surface area contributed by atoms with E-state index in [1.807, 2.05) is 13.8 Å². The third kappa shape index (κ3) is 29.6. The summed E-state index contributed by atoms with van der Waals surface area (Å²) in [5, 5.41) is -0.210. The molecule has 0 heterocycles. The van der Waals surface area contributed by atoms with Crippen molar-refractivity contribution in [2.75, 3.05) is 19.8 Å². The zero-order valence-corrected chi connectivity index (χ0v) is 51.0. The topological polar surface area (TPSA) is 147 Å². The summed E-state index contributed by atoms with van der Waals surface area (Å²) in [6.45, 7) is 33.3. The number of carbonyl (C=O) groups is 5. The van der Waals surface area contributed by atoms with Crippen molar-refractivity contribution in [2.45, 2.75) is 206 Å². The maximum Gasteiger partial charge on any atom is 1.00 e. The van der Waals surface area contributed by atoms with E-state index >= 15 is 0 Å². The number of ether oxygens (including phenoxy) is 3. The van der Waals surface area contributed by atoms with Crippen LogP contribution in [0.5, 0.6) is 0 Å². The molecule has 0 aliphatic heterocycles. The Morgan fingerprint density at radius 3 is 1.10 bits per heavy atom. The average molecular weight is 1030 g/mol. The van der Waals surface area contributed by atoms with Crippen LogP contribution in [0.15, 0.2) is 0 Å². The minimum Gasteiger partial charge on any atom is -0.742 e. The van der Waals surface area contributed by atoms with Crippen LogP contribution in [-0.2, 0) is 59.9 Å². The first kappa shape index (κ1) is 64.9. The van der Waals surface area contributed by atoms with Crippen LogP contribution >= 0.6 is 22.4 Å². The van der Waals surface area contributed by atoms with Crippen molar-refractivity contribution in [3.05, 3.63) is 0 Å². The van der Waals surface area contributed by atoms with Crippen LogP contribution in [0.3, 0.4) is 0 Å². The third-order valence-electron chi connectivity index (χ3n) is 11.9. The molecule has 358 valence electrons. The number of esters is 3. The monoisotopic (exact) mass is 1030 g/mol. The molecule has 0 radical (unpaired) electrons. The summed E-state index contributed by atoms with van der Waals surface area (Å²) in [6.07, 6.45) is 9.79. The van der Waals surface area contributed by atoms with E-state index in [1.54, 1.807) is 6.92 Å². The van der Waals surface area contributed by atoms with Gasteiger partial charge in [-0.05, 0) is 129 Å². The molecule has 3 aliphatic carbocycles. The number of hydrogen-bond acceptors (Lipinski definition) is 12. The van der Waals surface area contributed by atoms with Gasteiger partial charge in [-0.1, -0.05) is 77.6 Å². The molecule has 3 rings (SSSR count). The van der Waals surface area contributed by atoms with Crippen molar-refractivity contribution in [1.29, 1.82) is 0 Å². The molecule has 10 nitrogen and oxygen atoms in total. The van der Waals surface area contributed by atoms with Gasteiger partial charge >= 0.3 is 69.3 Å². The number of carbonyl (C=O) groups excluding carboxylic acids is 5. The Bertz CT molecular complexity index is 1500. The van der Waals surface area contributed by atoms with Crippen LogP contribution in [0.25, 0.3) is 0 Å². The fourth-order valence-electron chi connectivity index (χ4n) is 6.98. The second-order valence-corrected chi connectivity index (χ2v) is 44.0. The molecule has 0 atom stereocenters. The predicted octanol–water partition coefficient (Wildman–Crippen LogP) is 8.65. The van der Waals surface area contributed by atoms with Gasteiger partial charge in [-0.15, -0.1) is 0 Å². The number of rotatable bonds is 14. The Morgan fingerprint density at radius 1 is 0.597 bits per heavy atom. The smallest absolute Gasteiger partial charge is 0.742 e. The third-order valence-corrected chi connectivity index (χ3v) is 20.2. The molecule has 3 saturated carbocycles. The van der Waals surface area contributed by atoms with Gasteiger partial charge in [-0.2, -0.15) is 0 Å². The zero-order chi connectivity index (χ0) is 47.7. The molecule has 0 amide bonds. The van der Waals surface area contributed by atoms with Gasteiger partial charge in [-0.25, -0.2) is 8.42 Å². The van der Waals surface area contributed by atoms with Crippen LogP contribution in [-0.4, -0.2) is 91.1 Å². The summed E-state index contributed by atoms with van der Waals surface area (Å²) >= 11 is 5.41. The fourth-order valence-corrected chi connectivity index (χ4v) is 11.4. The fraction of sp³-hybridized carbons (Fsp3) is 0.886. The molecular weight excluding hydrogens is 943 g/mol. The number of thioether (sulfide) groups is 1. The van der Waals surface area contributed by atoms with Gasteiger partial charge < -0.3 is 31.6 Å². The molecule has 62 heavy (non-hydrogen) atoms. The van der Waals surface area contributed by atoms with E-state index in [4.69, 9.17) is 24.9 Å². The molecule has 0 unspecified atom stereocenters. The van der Waals surface area contributed by atoms with Crippen LogP contribution in [0.1, 0.15) is 119 Å². The standard InChI is InChI=1S/C15H28O3SSi.C14H28O2Si.C13H25ClO4SSi.C2H4OS.K/c1-12(16)19-13-6-8-15(2,9-7-13)14(17)18-10-11-20(3,4)5;1-12-6-8-14(2,9-7-12)13(15)16-10-11-17(3,4)5;1-13(12(15)18-9-10-20(2,3)4)7-5-11(6-8-13)19(14,16)17;1-2(3)4;/h13H,6-11H2,1-5H3;12H,6-11H2,1-5H3;11H,5-10H2,1-4H3;1H3,(H,3,4);/q;;;;+1/p-1. The second-order valence-electron chi connectivity index (χ2n) is 22.2. The van der Waals surface area contributed by atoms with Crippen molar-refractivity contribution < 1.29 is 98.0 Å². The summed E-state index contributed by atoms with van der Waals surface area (Å²) in [5.74, 6) is 0.587. The van der Waals surface area contributed by atoms with Gasteiger partial charge in [0.1, 0.15) is 0 Å². The van der Waals surface area contributed by atoms with Gasteiger partial charge in [-0.3, -0.25) is 19.2 Å². The molecule has 0 saturated heterocycles. The van der Waals surface area contributed by atoms with E-state index in [1.165, 1.54) is 31.5 Å². The van der Waals surface area contributed by atoms with Gasteiger partial charge in [0.2, 0.25) is 9.05 Å². The van der Waals surface area contributed by atoms with Crippen molar-refractivity contribution >= 4 is 96.5 Å². The van der Waals surface area contributed by atoms with Crippen LogP contribution in [0, 0.1) is 22.2 Å². The summed E-state index contributed by atoms with van der Waals surface area (Å²) < 4.78 is 39.0. The Kier molecular flexibility index (Phi) is 30.4. The predicted molar refractivity (Wildman–Crippen MR) is 265 cm³/mol. The SMILES string of the molecule is CC(=O)SC1CCC(C)(C(=O)OCC[Si](C)(C)C)CC1.CC(=O)[S-].CC1(C(=O)OCC[Si](C)(C)C)CCC(S(=O)(=O)Cl)CC1.CC1CCC(C)(C(=O)OCC[Si](C)(C)C)CC1.[K+]. The van der Waals surface area contributed by atoms with E-state index in [0.717, 1.165) is 62.6 Å². The quantitative estimate of drug-likeness (QED) is 0.0540. The van der Waals surface area contributed by atoms with E-state index < -0.39 is 43.9 Å². The molecule has 0 aromatic carbocycles.